The summed E-state index contributed by atoms with van der Waals surface area (Å²) in [5.74, 6) is -0.279. The van der Waals surface area contributed by atoms with Crippen LogP contribution in [0.1, 0.15) is 17.7 Å². The number of aryl methyl sites for hydroxylation is 2. The average molecular weight is 259 g/mol. The molecule has 2 heterocycles. The van der Waals surface area contributed by atoms with Crippen molar-refractivity contribution < 1.29 is 14.3 Å². The summed E-state index contributed by atoms with van der Waals surface area (Å²) in [6.07, 6.45) is 0.818. The first-order chi connectivity index (χ1) is 8.08. The van der Waals surface area contributed by atoms with E-state index in [9.17, 15) is 4.79 Å². The fraction of sp³-hybridized carbons (Fsp3) is 0.636. The normalized spacial score (nSPS) is 19.6. The minimum atomic E-state index is -0.279. The molecule has 1 aliphatic rings. The molecular weight excluding hydrogens is 244 g/mol. The Bertz CT molecular complexity index is 425. The molecule has 1 unspecified atom stereocenters. The largest absolute Gasteiger partial charge is 0.460 e. The topological polar surface area (TPSA) is 53.4 Å². The molecule has 1 fully saturated rings. The van der Waals surface area contributed by atoms with Gasteiger partial charge in [-0.2, -0.15) is 5.10 Å². The first-order valence-corrected chi connectivity index (χ1v) is 5.91. The van der Waals surface area contributed by atoms with Gasteiger partial charge >= 0.3 is 5.97 Å². The molecule has 0 aliphatic carbocycles. The van der Waals surface area contributed by atoms with Crippen LogP contribution in [0.3, 0.4) is 0 Å². The molecule has 1 atom stereocenters. The van der Waals surface area contributed by atoms with E-state index < -0.39 is 0 Å². The first-order valence-electron chi connectivity index (χ1n) is 5.53. The van der Waals surface area contributed by atoms with E-state index in [1.807, 2.05) is 6.92 Å². The van der Waals surface area contributed by atoms with Crippen molar-refractivity contribution in [2.75, 3.05) is 13.2 Å². The molecule has 0 saturated carbocycles. The number of aromatic nitrogens is 2. The standard InChI is InChI=1S/C11H15ClN2O3/c1-7-9(11(12)14(2)13-7)5-10(15)17-8-3-4-16-6-8/h8H,3-6H2,1-2H3. The highest BCUT2D eigenvalue weighted by molar-refractivity contribution is 6.30. The molecular formula is C11H15ClN2O3. The molecule has 0 radical (unpaired) electrons. The smallest absolute Gasteiger partial charge is 0.310 e. The Labute approximate surface area is 105 Å². The number of nitrogens with zero attached hydrogens (tertiary/aromatic N) is 2. The first kappa shape index (κ1) is 12.4. The molecule has 5 nitrogen and oxygen atoms in total. The summed E-state index contributed by atoms with van der Waals surface area (Å²) in [4.78, 5) is 11.7. The highest BCUT2D eigenvalue weighted by Gasteiger charge is 2.22. The third kappa shape index (κ3) is 2.79. The highest BCUT2D eigenvalue weighted by Crippen LogP contribution is 2.20. The van der Waals surface area contributed by atoms with Crippen LogP contribution in [0.2, 0.25) is 5.15 Å². The Morgan fingerprint density at radius 1 is 1.71 bits per heavy atom. The molecule has 2 rings (SSSR count). The maximum absolute atomic E-state index is 11.7. The molecule has 0 aromatic carbocycles. The van der Waals surface area contributed by atoms with Crippen molar-refractivity contribution in [1.29, 1.82) is 0 Å². The molecule has 0 N–H and O–H groups in total. The van der Waals surface area contributed by atoms with Gasteiger partial charge in [-0.15, -0.1) is 0 Å². The van der Waals surface area contributed by atoms with E-state index >= 15 is 0 Å². The van der Waals surface area contributed by atoms with Gasteiger partial charge in [0.05, 0.1) is 25.3 Å². The Morgan fingerprint density at radius 3 is 3.00 bits per heavy atom. The van der Waals surface area contributed by atoms with Crippen LogP contribution in [-0.4, -0.2) is 35.1 Å². The maximum Gasteiger partial charge on any atom is 0.310 e. The van der Waals surface area contributed by atoms with Crippen molar-refractivity contribution in [3.8, 4) is 0 Å². The summed E-state index contributed by atoms with van der Waals surface area (Å²) >= 11 is 6.04. The molecule has 0 bridgehead atoms. The highest BCUT2D eigenvalue weighted by atomic mass is 35.5. The molecule has 6 heteroatoms. The summed E-state index contributed by atoms with van der Waals surface area (Å²) in [6, 6.07) is 0. The van der Waals surface area contributed by atoms with Crippen LogP contribution in [0.5, 0.6) is 0 Å². The van der Waals surface area contributed by atoms with E-state index in [0.717, 1.165) is 17.7 Å². The number of hydrogen-bond donors (Lipinski definition) is 0. The summed E-state index contributed by atoms with van der Waals surface area (Å²) in [5, 5.41) is 4.64. The van der Waals surface area contributed by atoms with Crippen molar-refractivity contribution in [3.63, 3.8) is 0 Å². The minimum Gasteiger partial charge on any atom is -0.460 e. The molecule has 0 amide bonds. The average Bonchev–Trinajstić information content (AvgIpc) is 2.83. The molecule has 1 aromatic heterocycles. The fourth-order valence-corrected chi connectivity index (χ4v) is 2.09. The number of carbonyl (C=O) groups is 1. The number of halogens is 1. The predicted octanol–water partition coefficient (Wildman–Crippen LogP) is 1.26. The Morgan fingerprint density at radius 2 is 2.47 bits per heavy atom. The number of esters is 1. The lowest BCUT2D eigenvalue weighted by Gasteiger charge is -2.09. The van der Waals surface area contributed by atoms with Crippen molar-refractivity contribution in [2.24, 2.45) is 7.05 Å². The summed E-state index contributed by atoms with van der Waals surface area (Å²) in [5.41, 5.74) is 1.50. The van der Waals surface area contributed by atoms with Crippen LogP contribution in [0, 0.1) is 6.92 Å². The van der Waals surface area contributed by atoms with E-state index in [-0.39, 0.29) is 18.5 Å². The van der Waals surface area contributed by atoms with Crippen LogP contribution in [-0.2, 0) is 27.7 Å². The molecule has 1 aromatic rings. The summed E-state index contributed by atoms with van der Waals surface area (Å²) in [7, 11) is 1.75. The Balaban J connectivity index is 1.97. The zero-order valence-electron chi connectivity index (χ0n) is 9.90. The predicted molar refractivity (Wildman–Crippen MR) is 62.0 cm³/mol. The second kappa shape index (κ2) is 5.06. The lowest BCUT2D eigenvalue weighted by atomic mass is 10.2. The number of rotatable bonds is 3. The van der Waals surface area contributed by atoms with Gasteiger partial charge in [0.2, 0.25) is 0 Å². The van der Waals surface area contributed by atoms with Gasteiger partial charge < -0.3 is 9.47 Å². The molecule has 1 aliphatic heterocycles. The van der Waals surface area contributed by atoms with Crippen LogP contribution >= 0.6 is 11.6 Å². The third-order valence-electron chi connectivity index (χ3n) is 2.78. The third-order valence-corrected chi connectivity index (χ3v) is 3.25. The van der Waals surface area contributed by atoms with Crippen molar-refractivity contribution >= 4 is 17.6 Å². The maximum atomic E-state index is 11.7. The van der Waals surface area contributed by atoms with E-state index in [0.29, 0.717) is 18.4 Å². The van der Waals surface area contributed by atoms with Gasteiger partial charge in [-0.05, 0) is 6.92 Å². The second-order valence-electron chi connectivity index (χ2n) is 4.13. The van der Waals surface area contributed by atoms with Crippen molar-refractivity contribution in [2.45, 2.75) is 25.9 Å². The lowest BCUT2D eigenvalue weighted by molar-refractivity contribution is -0.148. The Hall–Kier alpha value is -1.07. The van der Waals surface area contributed by atoms with Crippen LogP contribution in [0.4, 0.5) is 0 Å². The van der Waals surface area contributed by atoms with Crippen molar-refractivity contribution in [1.82, 2.24) is 9.78 Å². The van der Waals surface area contributed by atoms with Gasteiger partial charge in [0.25, 0.3) is 0 Å². The SMILES string of the molecule is Cc1nn(C)c(Cl)c1CC(=O)OC1CCOC1. The lowest BCUT2D eigenvalue weighted by Crippen LogP contribution is -2.19. The van der Waals surface area contributed by atoms with Gasteiger partial charge in [-0.3, -0.25) is 9.48 Å². The van der Waals surface area contributed by atoms with Crippen LogP contribution in [0.25, 0.3) is 0 Å². The van der Waals surface area contributed by atoms with Crippen LogP contribution < -0.4 is 0 Å². The van der Waals surface area contributed by atoms with E-state index in [1.165, 1.54) is 0 Å². The minimum absolute atomic E-state index is 0.113. The number of carbonyl (C=O) groups excluding carboxylic acids is 1. The summed E-state index contributed by atoms with van der Waals surface area (Å²) < 4.78 is 12.0. The number of ether oxygens (including phenoxy) is 2. The fourth-order valence-electron chi connectivity index (χ4n) is 1.85. The van der Waals surface area contributed by atoms with Gasteiger partial charge in [0.1, 0.15) is 11.3 Å². The Kier molecular flexibility index (Phi) is 3.69. The van der Waals surface area contributed by atoms with Crippen LogP contribution in [0.15, 0.2) is 0 Å². The van der Waals surface area contributed by atoms with Crippen molar-refractivity contribution in [3.05, 3.63) is 16.4 Å². The van der Waals surface area contributed by atoms with E-state index in [2.05, 4.69) is 5.10 Å². The zero-order valence-corrected chi connectivity index (χ0v) is 10.7. The second-order valence-corrected chi connectivity index (χ2v) is 4.49. The molecule has 0 spiro atoms. The number of hydrogen-bond acceptors (Lipinski definition) is 4. The monoisotopic (exact) mass is 258 g/mol. The van der Waals surface area contributed by atoms with Gasteiger partial charge in [0, 0.05) is 19.0 Å². The van der Waals surface area contributed by atoms with E-state index in [1.54, 1.807) is 11.7 Å². The molecule has 94 valence electrons. The van der Waals surface area contributed by atoms with E-state index in [4.69, 9.17) is 21.1 Å². The molecule has 17 heavy (non-hydrogen) atoms. The zero-order chi connectivity index (χ0) is 12.4. The molecule has 1 saturated heterocycles. The van der Waals surface area contributed by atoms with Gasteiger partial charge in [-0.25, -0.2) is 0 Å². The summed E-state index contributed by atoms with van der Waals surface area (Å²) in [6.45, 7) is 2.98. The van der Waals surface area contributed by atoms with Gasteiger partial charge in [0.15, 0.2) is 0 Å². The van der Waals surface area contributed by atoms with Gasteiger partial charge in [-0.1, -0.05) is 11.6 Å². The quantitative estimate of drug-likeness (QED) is 0.766.